The second-order valence-electron chi connectivity index (χ2n) is 6.52. The third-order valence-corrected chi connectivity index (χ3v) is 6.22. The minimum Gasteiger partial charge on any atom is -0.440 e. The molecule has 4 aromatic rings. The van der Waals surface area contributed by atoms with Gasteiger partial charge in [-0.2, -0.15) is 4.31 Å². The predicted octanol–water partition coefficient (Wildman–Crippen LogP) is 3.42. The average Bonchev–Trinajstić information content (AvgIpc) is 3.44. The van der Waals surface area contributed by atoms with E-state index in [0.717, 1.165) is 15.4 Å². The van der Waals surface area contributed by atoms with E-state index in [1.54, 1.807) is 43.6 Å². The summed E-state index contributed by atoms with van der Waals surface area (Å²) in [6, 6.07) is 8.21. The lowest BCUT2D eigenvalue weighted by Gasteiger charge is -2.13. The fraction of sp³-hybridized carbons (Fsp3) is 0.211. The zero-order valence-electron chi connectivity index (χ0n) is 16.0. The molecular weight excluding hydrogens is 396 g/mol. The molecule has 4 rings (SSSR count). The summed E-state index contributed by atoms with van der Waals surface area (Å²) >= 11 is 0. The molecule has 150 valence electrons. The smallest absolute Gasteiger partial charge is 0.276 e. The summed E-state index contributed by atoms with van der Waals surface area (Å²) in [4.78, 5) is 3.96. The predicted molar refractivity (Wildman–Crippen MR) is 102 cm³/mol. The fourth-order valence-electron chi connectivity index (χ4n) is 2.73. The summed E-state index contributed by atoms with van der Waals surface area (Å²) in [5.74, 6) is 1.11. The Morgan fingerprint density at radius 1 is 1.03 bits per heavy atom. The van der Waals surface area contributed by atoms with Gasteiger partial charge in [-0.3, -0.25) is 4.98 Å². The first-order valence-corrected chi connectivity index (χ1v) is 10.2. The van der Waals surface area contributed by atoms with E-state index in [4.69, 9.17) is 13.5 Å². The number of sulfonamides is 1. The molecule has 9 nitrogen and oxygen atoms in total. The van der Waals surface area contributed by atoms with Gasteiger partial charge in [-0.05, 0) is 38.1 Å². The van der Waals surface area contributed by atoms with Crippen molar-refractivity contribution in [3.63, 3.8) is 0 Å². The van der Waals surface area contributed by atoms with Crippen LogP contribution in [-0.4, -0.2) is 35.1 Å². The van der Waals surface area contributed by atoms with Gasteiger partial charge in [-0.1, -0.05) is 10.3 Å². The first kappa shape index (κ1) is 19.1. The van der Waals surface area contributed by atoms with Crippen molar-refractivity contribution in [2.75, 3.05) is 7.05 Å². The van der Waals surface area contributed by atoms with Crippen LogP contribution < -0.4 is 0 Å². The number of hydrogen-bond donors (Lipinski definition) is 0. The van der Waals surface area contributed by atoms with Crippen molar-refractivity contribution >= 4 is 10.0 Å². The molecule has 0 aliphatic rings. The molecule has 0 unspecified atom stereocenters. The minimum atomic E-state index is -3.88. The summed E-state index contributed by atoms with van der Waals surface area (Å²) in [7, 11) is -2.44. The van der Waals surface area contributed by atoms with Gasteiger partial charge in [0.05, 0.1) is 12.2 Å². The molecule has 0 spiro atoms. The Balaban J connectivity index is 1.54. The molecule has 0 aromatic carbocycles. The highest BCUT2D eigenvalue weighted by atomic mass is 32.2. The number of hydrogen-bond acceptors (Lipinski definition) is 8. The average molecular weight is 414 g/mol. The minimum absolute atomic E-state index is 0.00308. The second kappa shape index (κ2) is 7.30. The van der Waals surface area contributed by atoms with E-state index < -0.39 is 10.0 Å². The van der Waals surface area contributed by atoms with Crippen molar-refractivity contribution in [1.82, 2.24) is 19.6 Å². The van der Waals surface area contributed by atoms with Gasteiger partial charge in [-0.25, -0.2) is 8.42 Å². The molecule has 0 radical (unpaired) electrons. The van der Waals surface area contributed by atoms with E-state index in [1.165, 1.54) is 13.1 Å². The first-order chi connectivity index (χ1) is 13.9. The highest BCUT2D eigenvalue weighted by Gasteiger charge is 2.27. The Bertz CT molecular complexity index is 1240. The van der Waals surface area contributed by atoms with Gasteiger partial charge in [0.1, 0.15) is 5.69 Å². The molecule has 0 fully saturated rings. The summed E-state index contributed by atoms with van der Waals surface area (Å²) in [6.07, 6.45) is 3.29. The van der Waals surface area contributed by atoms with Crippen LogP contribution in [0.4, 0.5) is 0 Å². The Hall–Kier alpha value is -3.24. The van der Waals surface area contributed by atoms with Gasteiger partial charge < -0.3 is 13.5 Å². The van der Waals surface area contributed by atoms with Crippen molar-refractivity contribution in [3.8, 4) is 22.8 Å². The van der Waals surface area contributed by atoms with Crippen LogP contribution in [0.2, 0.25) is 0 Å². The molecule has 10 heteroatoms. The van der Waals surface area contributed by atoms with Crippen LogP contribution in [0, 0.1) is 13.8 Å². The van der Waals surface area contributed by atoms with E-state index >= 15 is 0 Å². The molecule has 0 bridgehead atoms. The lowest BCUT2D eigenvalue weighted by atomic mass is 10.2. The summed E-state index contributed by atoms with van der Waals surface area (Å²) in [6.45, 7) is 3.62. The van der Waals surface area contributed by atoms with Crippen molar-refractivity contribution in [1.29, 1.82) is 0 Å². The maximum atomic E-state index is 12.9. The number of nitrogens with zero attached hydrogens (tertiary/aromatic N) is 4. The van der Waals surface area contributed by atoms with Gasteiger partial charge in [0, 0.05) is 36.6 Å². The van der Waals surface area contributed by atoms with E-state index in [1.807, 2.05) is 6.92 Å². The second-order valence-corrected chi connectivity index (χ2v) is 8.49. The highest BCUT2D eigenvalue weighted by Crippen LogP contribution is 2.30. The van der Waals surface area contributed by atoms with Gasteiger partial charge in [0.15, 0.2) is 11.5 Å². The Kier molecular flexibility index (Phi) is 4.81. The number of aryl methyl sites for hydroxylation is 1. The quantitative estimate of drug-likeness (QED) is 0.471. The molecule has 0 saturated carbocycles. The third kappa shape index (κ3) is 3.59. The van der Waals surface area contributed by atoms with E-state index in [2.05, 4.69) is 15.3 Å². The van der Waals surface area contributed by atoms with Gasteiger partial charge in [0.25, 0.3) is 10.0 Å². The number of pyridine rings is 1. The third-order valence-electron chi connectivity index (χ3n) is 4.54. The molecular formula is C19H18N4O5S. The normalized spacial score (nSPS) is 12.0. The van der Waals surface area contributed by atoms with Crippen LogP contribution in [0.25, 0.3) is 22.8 Å². The van der Waals surface area contributed by atoms with Crippen molar-refractivity contribution < 1.29 is 21.9 Å². The lowest BCUT2D eigenvalue weighted by Crippen LogP contribution is -2.25. The lowest BCUT2D eigenvalue weighted by molar-refractivity contribution is 0.337. The largest absolute Gasteiger partial charge is 0.440 e. The number of aromatic nitrogens is 3. The van der Waals surface area contributed by atoms with E-state index in [0.29, 0.717) is 28.7 Å². The topological polar surface area (TPSA) is 115 Å². The molecule has 0 aliphatic carbocycles. The zero-order valence-corrected chi connectivity index (χ0v) is 16.8. The maximum absolute atomic E-state index is 12.9. The summed E-state index contributed by atoms with van der Waals surface area (Å²) in [5.41, 5.74) is 2.94. The van der Waals surface area contributed by atoms with E-state index in [9.17, 15) is 8.42 Å². The SMILES string of the molecule is Cc1noc(-c2ccc(S(=O)(=O)N(C)Cc3cc(-c4ccncc4)no3)o2)c1C. The Morgan fingerprint density at radius 3 is 2.48 bits per heavy atom. The number of furan rings is 1. The molecule has 0 saturated heterocycles. The van der Waals surface area contributed by atoms with Crippen LogP contribution in [0.3, 0.4) is 0 Å². The molecule has 0 aliphatic heterocycles. The number of rotatable bonds is 6. The summed E-state index contributed by atoms with van der Waals surface area (Å²) in [5, 5.41) is 7.65. The fourth-order valence-corrected chi connectivity index (χ4v) is 3.77. The van der Waals surface area contributed by atoms with Crippen LogP contribution >= 0.6 is 0 Å². The van der Waals surface area contributed by atoms with Gasteiger partial charge in [-0.15, -0.1) is 0 Å². The van der Waals surface area contributed by atoms with Crippen molar-refractivity contribution in [2.24, 2.45) is 0 Å². The summed E-state index contributed by atoms with van der Waals surface area (Å²) < 4.78 is 42.9. The van der Waals surface area contributed by atoms with Gasteiger partial charge >= 0.3 is 0 Å². The molecule has 0 amide bonds. The zero-order chi connectivity index (χ0) is 20.6. The van der Waals surface area contributed by atoms with Crippen LogP contribution in [0.5, 0.6) is 0 Å². The van der Waals surface area contributed by atoms with Crippen molar-refractivity contribution in [3.05, 3.63) is 59.7 Å². The molecule has 29 heavy (non-hydrogen) atoms. The van der Waals surface area contributed by atoms with Gasteiger partial charge in [0.2, 0.25) is 10.9 Å². The monoisotopic (exact) mass is 414 g/mol. The first-order valence-electron chi connectivity index (χ1n) is 8.71. The van der Waals surface area contributed by atoms with Crippen LogP contribution in [-0.2, 0) is 16.6 Å². The van der Waals surface area contributed by atoms with Crippen molar-refractivity contribution in [2.45, 2.75) is 25.5 Å². The Labute approximate surface area is 167 Å². The molecule has 4 aromatic heterocycles. The van der Waals surface area contributed by atoms with E-state index in [-0.39, 0.29) is 11.6 Å². The molecule has 0 atom stereocenters. The Morgan fingerprint density at radius 2 is 1.79 bits per heavy atom. The standard InChI is InChI=1S/C19H18N4O5S/c1-12-13(2)21-28-19(12)17-4-5-18(26-17)29(24,25)23(3)11-15-10-16(22-27-15)14-6-8-20-9-7-14/h4-10H,11H2,1-3H3. The van der Waals surface area contributed by atoms with Crippen LogP contribution in [0.1, 0.15) is 17.0 Å². The van der Waals surface area contributed by atoms with Crippen LogP contribution in [0.15, 0.2) is 61.3 Å². The molecule has 0 N–H and O–H groups in total. The highest BCUT2D eigenvalue weighted by molar-refractivity contribution is 7.88. The molecule has 4 heterocycles. The maximum Gasteiger partial charge on any atom is 0.276 e.